The molecule has 0 amide bonds. The van der Waals surface area contributed by atoms with Gasteiger partial charge < -0.3 is 14.4 Å². The molecule has 1 atom stereocenters. The quantitative estimate of drug-likeness (QED) is 0.790. The third-order valence-corrected chi connectivity index (χ3v) is 3.89. The number of nitrogens with zero attached hydrogens (tertiary/aromatic N) is 5. The summed E-state index contributed by atoms with van der Waals surface area (Å²) in [5, 5.41) is 7.49. The second-order valence-corrected chi connectivity index (χ2v) is 5.36. The lowest BCUT2D eigenvalue weighted by molar-refractivity contribution is 0.412. The van der Waals surface area contributed by atoms with Crippen LogP contribution in [0.4, 0.5) is 0 Å². The minimum absolute atomic E-state index is 0.337. The maximum atomic E-state index is 5.43. The normalized spacial score (nSPS) is 17.4. The molecule has 0 saturated carbocycles. The maximum absolute atomic E-state index is 5.43. The van der Waals surface area contributed by atoms with Gasteiger partial charge in [-0.25, -0.2) is 0 Å². The van der Waals surface area contributed by atoms with E-state index in [1.807, 2.05) is 6.07 Å². The maximum Gasteiger partial charge on any atom is 0.274 e. The van der Waals surface area contributed by atoms with Crippen molar-refractivity contribution in [3.63, 3.8) is 0 Å². The van der Waals surface area contributed by atoms with E-state index in [4.69, 9.17) is 4.52 Å². The van der Waals surface area contributed by atoms with E-state index in [-0.39, 0.29) is 0 Å². The van der Waals surface area contributed by atoms with E-state index in [9.17, 15) is 0 Å². The second kappa shape index (κ2) is 5.34. The molecule has 1 N–H and O–H groups in total. The van der Waals surface area contributed by atoms with Crippen LogP contribution in [0.1, 0.15) is 30.2 Å². The third kappa shape index (κ3) is 2.29. The van der Waals surface area contributed by atoms with Gasteiger partial charge in [-0.1, -0.05) is 5.16 Å². The van der Waals surface area contributed by atoms with Crippen molar-refractivity contribution in [2.24, 2.45) is 0 Å². The zero-order valence-corrected chi connectivity index (χ0v) is 12.2. The van der Waals surface area contributed by atoms with Crippen LogP contribution in [0.5, 0.6) is 0 Å². The molecule has 3 aromatic rings. The van der Waals surface area contributed by atoms with Gasteiger partial charge in [0, 0.05) is 43.4 Å². The molecule has 0 aliphatic carbocycles. The van der Waals surface area contributed by atoms with Gasteiger partial charge in [0.15, 0.2) is 5.82 Å². The summed E-state index contributed by atoms with van der Waals surface area (Å²) in [7, 11) is 0. The Bertz CT molecular complexity index is 778. The van der Waals surface area contributed by atoms with Crippen LogP contribution in [0.2, 0.25) is 0 Å². The van der Waals surface area contributed by atoms with Crippen molar-refractivity contribution in [1.29, 1.82) is 0 Å². The highest BCUT2D eigenvalue weighted by Crippen LogP contribution is 2.26. The van der Waals surface area contributed by atoms with Crippen molar-refractivity contribution in [2.75, 3.05) is 6.54 Å². The molecule has 7 heteroatoms. The number of nitrogens with one attached hydrogen (secondary N) is 1. The van der Waals surface area contributed by atoms with E-state index in [1.54, 1.807) is 18.6 Å². The molecule has 1 unspecified atom stereocenters. The van der Waals surface area contributed by atoms with Crippen LogP contribution in [-0.2, 0) is 13.0 Å². The van der Waals surface area contributed by atoms with Crippen LogP contribution in [0.3, 0.4) is 0 Å². The molecule has 0 aromatic carbocycles. The van der Waals surface area contributed by atoms with Crippen molar-refractivity contribution in [2.45, 2.75) is 25.9 Å². The van der Waals surface area contributed by atoms with Gasteiger partial charge in [-0.2, -0.15) is 4.98 Å². The summed E-state index contributed by atoms with van der Waals surface area (Å²) in [4.78, 5) is 12.8. The minimum Gasteiger partial charge on any atom is -0.338 e. The Hall–Kier alpha value is -2.54. The van der Waals surface area contributed by atoms with Crippen molar-refractivity contribution in [3.05, 3.63) is 47.9 Å². The molecule has 4 rings (SSSR count). The second-order valence-electron chi connectivity index (χ2n) is 5.36. The van der Waals surface area contributed by atoms with Crippen LogP contribution in [0.25, 0.3) is 11.6 Å². The van der Waals surface area contributed by atoms with E-state index >= 15 is 0 Å². The number of aromatic nitrogens is 5. The summed E-state index contributed by atoms with van der Waals surface area (Å²) in [5.74, 6) is 1.17. The molecular weight excluding hydrogens is 280 g/mol. The van der Waals surface area contributed by atoms with E-state index in [2.05, 4.69) is 43.0 Å². The van der Waals surface area contributed by atoms with Crippen LogP contribution in [-0.4, -0.2) is 31.2 Å². The molecule has 1 aliphatic heterocycles. The highest BCUT2D eigenvalue weighted by Gasteiger charge is 2.21. The largest absolute Gasteiger partial charge is 0.338 e. The van der Waals surface area contributed by atoms with Crippen LogP contribution in [0, 0.1) is 0 Å². The zero-order chi connectivity index (χ0) is 14.9. The molecule has 7 nitrogen and oxygen atoms in total. The molecule has 3 aromatic heterocycles. The summed E-state index contributed by atoms with van der Waals surface area (Å²) in [6, 6.07) is 4.49. The first-order valence-corrected chi connectivity index (χ1v) is 7.32. The molecule has 0 radical (unpaired) electrons. The average molecular weight is 296 g/mol. The van der Waals surface area contributed by atoms with Gasteiger partial charge in [0.1, 0.15) is 5.69 Å². The summed E-state index contributed by atoms with van der Waals surface area (Å²) < 4.78 is 7.67. The Balaban J connectivity index is 1.62. The Morgan fingerprint density at radius 3 is 3.18 bits per heavy atom. The third-order valence-electron chi connectivity index (χ3n) is 3.89. The van der Waals surface area contributed by atoms with Crippen molar-refractivity contribution in [3.8, 4) is 11.6 Å². The highest BCUT2D eigenvalue weighted by molar-refractivity contribution is 5.50. The predicted molar refractivity (Wildman–Crippen MR) is 79.0 cm³/mol. The van der Waals surface area contributed by atoms with Crippen LogP contribution in [0.15, 0.2) is 35.2 Å². The molecule has 0 fully saturated rings. The lowest BCUT2D eigenvalue weighted by Crippen LogP contribution is -2.31. The van der Waals surface area contributed by atoms with E-state index in [0.717, 1.165) is 24.5 Å². The van der Waals surface area contributed by atoms with Gasteiger partial charge in [-0.05, 0) is 19.1 Å². The summed E-state index contributed by atoms with van der Waals surface area (Å²) in [6.07, 6.45) is 5.53. The van der Waals surface area contributed by atoms with Gasteiger partial charge in [-0.15, -0.1) is 0 Å². The Morgan fingerprint density at radius 1 is 1.36 bits per heavy atom. The molecule has 4 heterocycles. The Labute approximate surface area is 127 Å². The molecule has 0 spiro atoms. The monoisotopic (exact) mass is 296 g/mol. The zero-order valence-electron chi connectivity index (χ0n) is 12.2. The Morgan fingerprint density at radius 2 is 2.32 bits per heavy atom. The van der Waals surface area contributed by atoms with Gasteiger partial charge >= 0.3 is 0 Å². The predicted octanol–water partition coefficient (Wildman–Crippen LogP) is 1.58. The van der Waals surface area contributed by atoms with E-state index in [0.29, 0.717) is 24.2 Å². The van der Waals surface area contributed by atoms with Gasteiger partial charge in [-0.3, -0.25) is 9.97 Å². The SMILES string of the molecule is CC1NCCn2c(-c3nc(Cc4cnccn4)no3)ccc21. The number of hydrogen-bond donors (Lipinski definition) is 1. The number of hydrogen-bond acceptors (Lipinski definition) is 6. The van der Waals surface area contributed by atoms with Crippen molar-refractivity contribution < 1.29 is 4.52 Å². The van der Waals surface area contributed by atoms with Gasteiger partial charge in [0.25, 0.3) is 5.89 Å². The topological polar surface area (TPSA) is 81.7 Å². The van der Waals surface area contributed by atoms with E-state index < -0.39 is 0 Å². The summed E-state index contributed by atoms with van der Waals surface area (Å²) in [5.41, 5.74) is 3.04. The highest BCUT2D eigenvalue weighted by atomic mass is 16.5. The first-order chi connectivity index (χ1) is 10.8. The van der Waals surface area contributed by atoms with Crippen molar-refractivity contribution >= 4 is 0 Å². The summed E-state index contributed by atoms with van der Waals surface area (Å²) in [6.45, 7) is 4.00. The fourth-order valence-corrected chi connectivity index (χ4v) is 2.81. The molecule has 1 aliphatic rings. The smallest absolute Gasteiger partial charge is 0.274 e. The van der Waals surface area contributed by atoms with Gasteiger partial charge in [0.05, 0.1) is 12.1 Å². The number of fused-ring (bicyclic) bond motifs is 1. The Kier molecular flexibility index (Phi) is 3.19. The van der Waals surface area contributed by atoms with Crippen molar-refractivity contribution in [1.82, 2.24) is 30.0 Å². The van der Waals surface area contributed by atoms with Crippen LogP contribution >= 0.6 is 0 Å². The first kappa shape index (κ1) is 13.1. The fraction of sp³-hybridized carbons (Fsp3) is 0.333. The average Bonchev–Trinajstić information content (AvgIpc) is 3.15. The summed E-state index contributed by atoms with van der Waals surface area (Å²) >= 11 is 0. The lowest BCUT2D eigenvalue weighted by Gasteiger charge is -2.24. The first-order valence-electron chi connectivity index (χ1n) is 7.32. The fourth-order valence-electron chi connectivity index (χ4n) is 2.81. The lowest BCUT2D eigenvalue weighted by atomic mass is 10.2. The minimum atomic E-state index is 0.337. The molecule has 112 valence electrons. The molecule has 0 bridgehead atoms. The standard InChI is InChI=1S/C15H16N6O/c1-10-12-2-3-13(21(12)7-6-17-10)15-19-14(20-22-15)8-11-9-16-4-5-18-11/h2-5,9-10,17H,6-8H2,1H3. The molecule has 0 saturated heterocycles. The molecular formula is C15H16N6O. The number of rotatable bonds is 3. The van der Waals surface area contributed by atoms with Crippen LogP contribution < -0.4 is 5.32 Å². The van der Waals surface area contributed by atoms with E-state index in [1.165, 1.54) is 5.69 Å². The van der Waals surface area contributed by atoms with Gasteiger partial charge in [0.2, 0.25) is 0 Å². The molecule has 22 heavy (non-hydrogen) atoms.